The summed E-state index contributed by atoms with van der Waals surface area (Å²) in [6.07, 6.45) is 5.11. The molecule has 2 heterocycles. The molecule has 0 aliphatic rings. The van der Waals surface area contributed by atoms with Crippen LogP contribution in [0.2, 0.25) is 0 Å². The number of hydrogen-bond donors (Lipinski definition) is 1. The van der Waals surface area contributed by atoms with Crippen molar-refractivity contribution < 1.29 is 14.3 Å². The van der Waals surface area contributed by atoms with E-state index >= 15 is 0 Å². The highest BCUT2D eigenvalue weighted by molar-refractivity contribution is 7.15. The van der Waals surface area contributed by atoms with E-state index in [0.717, 1.165) is 16.3 Å². The molecular weight excluding hydrogens is 424 g/mol. The summed E-state index contributed by atoms with van der Waals surface area (Å²) in [5.74, 6) is 0.773. The number of thiazole rings is 1. The number of ether oxygens (including phenoxy) is 2. The molecule has 0 radical (unpaired) electrons. The lowest BCUT2D eigenvalue weighted by Gasteiger charge is -2.17. The first-order chi connectivity index (χ1) is 15.3. The Labute approximate surface area is 193 Å². The molecule has 32 heavy (non-hydrogen) atoms. The van der Waals surface area contributed by atoms with Crippen LogP contribution < -0.4 is 10.1 Å². The SMILES string of the molecule is COC[C@H](C)Oc1cc(C(=O)N[C@H](C)c2cnc(C)cn2)cc(-c2ncc(C(C)C)s2)c1. The molecule has 0 spiro atoms. The summed E-state index contributed by atoms with van der Waals surface area (Å²) in [7, 11) is 1.63. The predicted molar refractivity (Wildman–Crippen MR) is 126 cm³/mol. The van der Waals surface area contributed by atoms with Crippen LogP contribution in [-0.4, -0.2) is 40.7 Å². The van der Waals surface area contributed by atoms with Gasteiger partial charge in [0.2, 0.25) is 0 Å². The molecule has 1 aromatic carbocycles. The third kappa shape index (κ3) is 6.11. The highest BCUT2D eigenvalue weighted by Gasteiger charge is 2.17. The van der Waals surface area contributed by atoms with E-state index in [1.807, 2.05) is 39.1 Å². The van der Waals surface area contributed by atoms with Crippen LogP contribution in [-0.2, 0) is 4.74 Å². The first kappa shape index (κ1) is 23.8. The normalized spacial score (nSPS) is 13.1. The molecule has 0 bridgehead atoms. The monoisotopic (exact) mass is 454 g/mol. The van der Waals surface area contributed by atoms with Crippen LogP contribution in [0.1, 0.15) is 66.3 Å². The fourth-order valence-electron chi connectivity index (χ4n) is 3.09. The quantitative estimate of drug-likeness (QED) is 0.493. The van der Waals surface area contributed by atoms with Gasteiger partial charge in [0.25, 0.3) is 5.91 Å². The third-order valence-corrected chi connectivity index (χ3v) is 6.19. The van der Waals surface area contributed by atoms with Gasteiger partial charge in [-0.1, -0.05) is 13.8 Å². The number of aryl methyl sites for hydroxylation is 1. The van der Waals surface area contributed by atoms with Gasteiger partial charge >= 0.3 is 0 Å². The van der Waals surface area contributed by atoms with Gasteiger partial charge in [0, 0.05) is 35.5 Å². The van der Waals surface area contributed by atoms with Crippen molar-refractivity contribution in [2.75, 3.05) is 13.7 Å². The minimum Gasteiger partial charge on any atom is -0.488 e. The van der Waals surface area contributed by atoms with Gasteiger partial charge in [0.1, 0.15) is 16.9 Å². The second-order valence-corrected chi connectivity index (χ2v) is 9.19. The number of methoxy groups -OCH3 is 1. The molecule has 1 N–H and O–H groups in total. The highest BCUT2D eigenvalue weighted by atomic mass is 32.1. The van der Waals surface area contributed by atoms with E-state index in [-0.39, 0.29) is 18.1 Å². The minimum atomic E-state index is -0.288. The summed E-state index contributed by atoms with van der Waals surface area (Å²) >= 11 is 1.62. The molecule has 170 valence electrons. The Morgan fingerprint density at radius 3 is 2.47 bits per heavy atom. The summed E-state index contributed by atoms with van der Waals surface area (Å²) < 4.78 is 11.2. The van der Waals surface area contributed by atoms with Crippen LogP contribution in [0.25, 0.3) is 10.6 Å². The van der Waals surface area contributed by atoms with Crippen LogP contribution in [0.15, 0.2) is 36.8 Å². The average molecular weight is 455 g/mol. The van der Waals surface area contributed by atoms with Gasteiger partial charge in [-0.05, 0) is 44.9 Å². The van der Waals surface area contributed by atoms with Gasteiger partial charge in [-0.3, -0.25) is 14.8 Å². The van der Waals surface area contributed by atoms with Crippen molar-refractivity contribution in [2.24, 2.45) is 0 Å². The van der Waals surface area contributed by atoms with Crippen LogP contribution in [0.5, 0.6) is 5.75 Å². The number of hydrogen-bond acceptors (Lipinski definition) is 7. The van der Waals surface area contributed by atoms with Crippen molar-refractivity contribution in [3.8, 4) is 16.3 Å². The lowest BCUT2D eigenvalue weighted by molar-refractivity contribution is 0.0907. The molecule has 2 aromatic heterocycles. The van der Waals surface area contributed by atoms with E-state index in [1.165, 1.54) is 4.88 Å². The number of benzene rings is 1. The zero-order chi connectivity index (χ0) is 23.3. The van der Waals surface area contributed by atoms with Crippen molar-refractivity contribution in [3.63, 3.8) is 0 Å². The first-order valence-electron chi connectivity index (χ1n) is 10.6. The highest BCUT2D eigenvalue weighted by Crippen LogP contribution is 2.32. The van der Waals surface area contributed by atoms with Crippen molar-refractivity contribution in [1.29, 1.82) is 0 Å². The van der Waals surface area contributed by atoms with Gasteiger partial charge in [0.05, 0.1) is 30.2 Å². The van der Waals surface area contributed by atoms with Crippen molar-refractivity contribution in [2.45, 2.75) is 52.7 Å². The Morgan fingerprint density at radius 1 is 1.06 bits per heavy atom. The largest absolute Gasteiger partial charge is 0.488 e. The fraction of sp³-hybridized carbons (Fsp3) is 0.417. The molecule has 3 rings (SSSR count). The van der Waals surface area contributed by atoms with Gasteiger partial charge in [-0.25, -0.2) is 4.98 Å². The lowest BCUT2D eigenvalue weighted by atomic mass is 10.1. The fourth-order valence-corrected chi connectivity index (χ4v) is 4.00. The Kier molecular flexibility index (Phi) is 7.93. The van der Waals surface area contributed by atoms with E-state index in [1.54, 1.807) is 36.9 Å². The summed E-state index contributed by atoms with van der Waals surface area (Å²) in [5.41, 5.74) is 2.87. The molecule has 0 unspecified atom stereocenters. The zero-order valence-electron chi connectivity index (χ0n) is 19.4. The van der Waals surface area contributed by atoms with Crippen LogP contribution >= 0.6 is 11.3 Å². The maximum atomic E-state index is 13.1. The van der Waals surface area contributed by atoms with Crippen molar-refractivity contribution in [3.05, 3.63) is 58.6 Å². The zero-order valence-corrected chi connectivity index (χ0v) is 20.2. The maximum Gasteiger partial charge on any atom is 0.251 e. The number of aromatic nitrogens is 3. The first-order valence-corrected chi connectivity index (χ1v) is 11.4. The maximum absolute atomic E-state index is 13.1. The van der Waals surface area contributed by atoms with Crippen LogP contribution in [0.4, 0.5) is 0 Å². The van der Waals surface area contributed by atoms with Crippen LogP contribution in [0.3, 0.4) is 0 Å². The molecule has 7 nitrogen and oxygen atoms in total. The van der Waals surface area contributed by atoms with Gasteiger partial charge in [-0.2, -0.15) is 0 Å². The second kappa shape index (κ2) is 10.7. The summed E-state index contributed by atoms with van der Waals surface area (Å²) in [6, 6.07) is 5.22. The number of amides is 1. The molecule has 0 aliphatic heterocycles. The number of rotatable bonds is 9. The molecule has 0 saturated carbocycles. The summed E-state index contributed by atoms with van der Waals surface area (Å²) in [6.45, 7) is 10.4. The molecule has 0 aliphatic carbocycles. The third-order valence-electron chi connectivity index (χ3n) is 4.84. The topological polar surface area (TPSA) is 86.2 Å². The summed E-state index contributed by atoms with van der Waals surface area (Å²) in [4.78, 5) is 27.5. The van der Waals surface area contributed by atoms with Crippen molar-refractivity contribution >= 4 is 17.2 Å². The van der Waals surface area contributed by atoms with Gasteiger partial charge in [-0.15, -0.1) is 11.3 Å². The molecule has 2 atom stereocenters. The Bertz CT molecular complexity index is 1050. The molecule has 0 saturated heterocycles. The second-order valence-electron chi connectivity index (χ2n) is 8.13. The number of carbonyl (C=O) groups is 1. The van der Waals surface area contributed by atoms with E-state index in [2.05, 4.69) is 34.1 Å². The Morgan fingerprint density at radius 2 is 1.84 bits per heavy atom. The van der Waals surface area contributed by atoms with E-state index in [9.17, 15) is 4.79 Å². The number of nitrogens with zero attached hydrogens (tertiary/aromatic N) is 3. The van der Waals surface area contributed by atoms with Gasteiger partial charge < -0.3 is 14.8 Å². The Balaban J connectivity index is 1.89. The van der Waals surface area contributed by atoms with Crippen molar-refractivity contribution in [1.82, 2.24) is 20.3 Å². The predicted octanol–water partition coefficient (Wildman–Crippen LogP) is 4.94. The van der Waals surface area contributed by atoms with E-state index in [4.69, 9.17) is 9.47 Å². The summed E-state index contributed by atoms with van der Waals surface area (Å²) in [5, 5.41) is 3.85. The number of nitrogens with one attached hydrogen (secondary N) is 1. The van der Waals surface area contributed by atoms with E-state index in [0.29, 0.717) is 29.5 Å². The smallest absolute Gasteiger partial charge is 0.251 e. The standard InChI is InChI=1S/C24H30N4O3S/c1-14(2)22-12-27-24(32-22)19-7-18(8-20(9-19)31-16(4)13-30-6)23(29)28-17(5)21-11-25-15(3)10-26-21/h7-12,14,16-17H,13H2,1-6H3,(H,28,29)/t16-,17+/m0/s1. The Hall–Kier alpha value is -2.84. The molecule has 1 amide bonds. The molecular formula is C24H30N4O3S. The minimum absolute atomic E-state index is 0.157. The van der Waals surface area contributed by atoms with Crippen LogP contribution in [0, 0.1) is 6.92 Å². The lowest BCUT2D eigenvalue weighted by Crippen LogP contribution is -2.27. The molecule has 3 aromatic rings. The molecule has 0 fully saturated rings. The number of carbonyl (C=O) groups excluding carboxylic acids is 1. The van der Waals surface area contributed by atoms with E-state index < -0.39 is 0 Å². The van der Waals surface area contributed by atoms with Gasteiger partial charge in [0.15, 0.2) is 0 Å². The average Bonchev–Trinajstić information content (AvgIpc) is 3.25. The molecule has 8 heteroatoms.